The lowest BCUT2D eigenvalue weighted by Gasteiger charge is -2.32. The average Bonchev–Trinajstić information content (AvgIpc) is 3.56. The normalized spacial score (nSPS) is 15.7. The minimum Gasteiger partial charge on any atom is -0.484 e. The lowest BCUT2D eigenvalue weighted by molar-refractivity contribution is -0.147. The number of primary amides is 1. The zero-order valence-corrected chi connectivity index (χ0v) is 30.5. The van der Waals surface area contributed by atoms with Gasteiger partial charge < -0.3 is 46.6 Å². The van der Waals surface area contributed by atoms with Gasteiger partial charge in [-0.15, -0.1) is 12.4 Å². The van der Waals surface area contributed by atoms with E-state index in [4.69, 9.17) is 10.5 Å². The Labute approximate surface area is 304 Å². The first-order valence-electron chi connectivity index (χ1n) is 16.5. The number of nitrogens with one attached hydrogen (secondary N) is 4. The molecule has 1 saturated heterocycles. The monoisotopic (exact) mass is 731 g/mol. The standard InChI is InChI=1S/C35H49N7O8.ClH/c1-35(2,3)40-33(48)27-12-9-17-42(27)34(49)31(46)25(18-22-10-7-6-8-11-22)39-32(47)26(19-28(36)43)38-29(44)21-50-24-15-13-23(14-16-24)41(5)30(45)20-37-4;/h6-8,10-11,13-16,25-27,31,37,46H,9,12,17-21H2,1-5H3,(H2,36,43)(H,38,44)(H,39,47)(H,40,48);1H/t25-,26-,27-,31-;/m0./s1. The first kappa shape index (κ1) is 42.4. The third-order valence-electron chi connectivity index (χ3n) is 7.95. The molecule has 51 heavy (non-hydrogen) atoms. The average molecular weight is 732 g/mol. The van der Waals surface area contributed by atoms with Crippen LogP contribution in [0.1, 0.15) is 45.6 Å². The zero-order valence-electron chi connectivity index (χ0n) is 29.6. The van der Waals surface area contributed by atoms with Gasteiger partial charge in [-0.3, -0.25) is 28.8 Å². The van der Waals surface area contributed by atoms with Crippen LogP contribution in [0.25, 0.3) is 0 Å². The van der Waals surface area contributed by atoms with Crippen molar-refractivity contribution >= 4 is 53.5 Å². The van der Waals surface area contributed by atoms with Crippen molar-refractivity contribution in [3.63, 3.8) is 0 Å². The first-order chi connectivity index (χ1) is 23.6. The Morgan fingerprint density at radius 3 is 2.25 bits per heavy atom. The van der Waals surface area contributed by atoms with E-state index in [1.54, 1.807) is 68.7 Å². The molecule has 6 amide bonds. The topological polar surface area (TPSA) is 212 Å². The summed E-state index contributed by atoms with van der Waals surface area (Å²) in [5.41, 5.74) is 6.18. The highest BCUT2D eigenvalue weighted by atomic mass is 35.5. The van der Waals surface area contributed by atoms with Crippen molar-refractivity contribution in [1.82, 2.24) is 26.2 Å². The molecule has 1 aliphatic rings. The number of halogens is 1. The van der Waals surface area contributed by atoms with Crippen LogP contribution in [0, 0.1) is 0 Å². The Balaban J connectivity index is 0.00000901. The molecule has 4 atom stereocenters. The summed E-state index contributed by atoms with van der Waals surface area (Å²) < 4.78 is 5.54. The number of amides is 6. The van der Waals surface area contributed by atoms with Crippen molar-refractivity contribution in [1.29, 1.82) is 0 Å². The summed E-state index contributed by atoms with van der Waals surface area (Å²) in [5.74, 6) is -3.37. The van der Waals surface area contributed by atoms with Gasteiger partial charge in [0, 0.05) is 24.8 Å². The molecular weight excluding hydrogens is 682 g/mol. The Hall–Kier alpha value is -4.73. The number of carbonyl (C=O) groups is 6. The van der Waals surface area contributed by atoms with E-state index in [1.807, 2.05) is 20.8 Å². The fraction of sp³-hybridized carbons (Fsp3) is 0.486. The van der Waals surface area contributed by atoms with E-state index < -0.39 is 66.4 Å². The summed E-state index contributed by atoms with van der Waals surface area (Å²) in [7, 11) is 3.29. The van der Waals surface area contributed by atoms with Gasteiger partial charge in [-0.25, -0.2) is 0 Å². The number of anilines is 1. The van der Waals surface area contributed by atoms with Crippen molar-refractivity contribution in [2.24, 2.45) is 5.73 Å². The van der Waals surface area contributed by atoms with Crippen molar-refractivity contribution in [3.05, 3.63) is 60.2 Å². The highest BCUT2D eigenvalue weighted by Gasteiger charge is 2.41. The number of hydrogen-bond donors (Lipinski definition) is 6. The quantitative estimate of drug-likeness (QED) is 0.137. The second-order valence-corrected chi connectivity index (χ2v) is 13.2. The molecule has 1 aliphatic heterocycles. The molecule has 0 saturated carbocycles. The van der Waals surface area contributed by atoms with Crippen LogP contribution in [0.15, 0.2) is 54.6 Å². The summed E-state index contributed by atoms with van der Waals surface area (Å²) >= 11 is 0. The van der Waals surface area contributed by atoms with Crippen molar-refractivity contribution in [2.75, 3.05) is 38.7 Å². The van der Waals surface area contributed by atoms with E-state index >= 15 is 0 Å². The zero-order chi connectivity index (χ0) is 37.0. The molecule has 0 aliphatic carbocycles. The number of benzene rings is 2. The lowest BCUT2D eigenvalue weighted by Crippen LogP contribution is -2.59. The van der Waals surface area contributed by atoms with Crippen LogP contribution in [-0.4, -0.2) is 109 Å². The third-order valence-corrected chi connectivity index (χ3v) is 7.95. The molecule has 0 spiro atoms. The highest BCUT2D eigenvalue weighted by Crippen LogP contribution is 2.22. The number of likely N-dealkylation sites (N-methyl/N-ethyl adjacent to an activating group) is 2. The SMILES string of the molecule is CNCC(=O)N(C)c1ccc(OCC(=O)N[C@@H](CC(N)=O)C(=O)N[C@@H](Cc2ccccc2)[C@H](O)C(=O)N2CCC[C@H]2C(=O)NC(C)(C)C)cc1.Cl. The van der Waals surface area contributed by atoms with Crippen molar-refractivity contribution in [3.8, 4) is 5.75 Å². The summed E-state index contributed by atoms with van der Waals surface area (Å²) in [6.07, 6.45) is -1.32. The molecule has 1 heterocycles. The second kappa shape index (κ2) is 19.6. The second-order valence-electron chi connectivity index (χ2n) is 13.2. The van der Waals surface area contributed by atoms with E-state index in [-0.39, 0.29) is 43.7 Å². The van der Waals surface area contributed by atoms with Crippen molar-refractivity contribution in [2.45, 2.75) is 76.2 Å². The van der Waals surface area contributed by atoms with Gasteiger partial charge >= 0.3 is 0 Å². The molecular formula is C35H50ClN7O8. The van der Waals surface area contributed by atoms with E-state index in [2.05, 4.69) is 21.3 Å². The van der Waals surface area contributed by atoms with Gasteiger partial charge in [-0.2, -0.15) is 0 Å². The minimum absolute atomic E-state index is 0. The number of ether oxygens (including phenoxy) is 1. The van der Waals surface area contributed by atoms with Crippen LogP contribution in [-0.2, 0) is 35.2 Å². The fourth-order valence-corrected chi connectivity index (χ4v) is 5.47. The number of rotatable bonds is 16. The smallest absolute Gasteiger partial charge is 0.258 e. The largest absolute Gasteiger partial charge is 0.484 e. The molecule has 1 fully saturated rings. The molecule has 16 heteroatoms. The number of aliphatic hydroxyl groups excluding tert-OH is 1. The molecule has 0 bridgehead atoms. The number of nitrogens with zero attached hydrogens (tertiary/aromatic N) is 2. The maximum absolute atomic E-state index is 13.7. The Morgan fingerprint density at radius 2 is 1.67 bits per heavy atom. The molecule has 2 aromatic rings. The molecule has 280 valence electrons. The van der Waals surface area contributed by atoms with Crippen LogP contribution < -0.4 is 36.6 Å². The van der Waals surface area contributed by atoms with E-state index in [9.17, 15) is 33.9 Å². The van der Waals surface area contributed by atoms with Gasteiger partial charge in [0.15, 0.2) is 12.7 Å². The number of aliphatic hydroxyl groups is 1. The van der Waals surface area contributed by atoms with Gasteiger partial charge in [0.1, 0.15) is 17.8 Å². The number of carbonyl (C=O) groups excluding carboxylic acids is 6. The molecule has 0 unspecified atom stereocenters. The summed E-state index contributed by atoms with van der Waals surface area (Å²) in [6.45, 7) is 5.37. The number of hydrogen-bond acceptors (Lipinski definition) is 9. The van der Waals surface area contributed by atoms with E-state index in [0.29, 0.717) is 29.8 Å². The first-order valence-corrected chi connectivity index (χ1v) is 16.5. The van der Waals surface area contributed by atoms with Gasteiger partial charge in [0.2, 0.25) is 23.6 Å². The van der Waals surface area contributed by atoms with Gasteiger partial charge in [-0.05, 0) is 76.9 Å². The van der Waals surface area contributed by atoms with E-state index in [1.165, 1.54) is 9.80 Å². The van der Waals surface area contributed by atoms with Crippen LogP contribution in [0.4, 0.5) is 5.69 Å². The van der Waals surface area contributed by atoms with Gasteiger partial charge in [0.05, 0.1) is 19.0 Å². The molecule has 0 aromatic heterocycles. The summed E-state index contributed by atoms with van der Waals surface area (Å²) in [5, 5.41) is 22.1. The summed E-state index contributed by atoms with van der Waals surface area (Å²) in [4.78, 5) is 79.9. The number of nitrogens with two attached hydrogens (primary N) is 1. The molecule has 7 N–H and O–H groups in total. The van der Waals surface area contributed by atoms with Crippen molar-refractivity contribution < 1.29 is 38.6 Å². The van der Waals surface area contributed by atoms with Gasteiger partial charge in [0.25, 0.3) is 11.8 Å². The van der Waals surface area contributed by atoms with Crippen LogP contribution in [0.5, 0.6) is 5.75 Å². The molecule has 3 rings (SSSR count). The predicted octanol–water partition coefficient (Wildman–Crippen LogP) is 0.0237. The number of likely N-dealkylation sites (tertiary alicyclic amines) is 1. The Morgan fingerprint density at radius 1 is 1.02 bits per heavy atom. The molecule has 0 radical (unpaired) electrons. The molecule has 15 nitrogen and oxygen atoms in total. The maximum atomic E-state index is 13.7. The summed E-state index contributed by atoms with van der Waals surface area (Å²) in [6, 6.07) is 11.9. The molecule has 2 aromatic carbocycles. The Kier molecular flexibility index (Phi) is 16.3. The van der Waals surface area contributed by atoms with Gasteiger partial charge in [-0.1, -0.05) is 30.3 Å². The van der Waals surface area contributed by atoms with E-state index in [0.717, 1.165) is 0 Å². The van der Waals surface area contributed by atoms with Crippen LogP contribution in [0.2, 0.25) is 0 Å². The highest BCUT2D eigenvalue weighted by molar-refractivity contribution is 5.95. The fourth-order valence-electron chi connectivity index (χ4n) is 5.47. The van der Waals surface area contributed by atoms with Crippen LogP contribution >= 0.6 is 12.4 Å². The predicted molar refractivity (Wildman–Crippen MR) is 193 cm³/mol. The maximum Gasteiger partial charge on any atom is 0.258 e. The third kappa shape index (κ3) is 13.2. The lowest BCUT2D eigenvalue weighted by atomic mass is 9.99. The Bertz CT molecular complexity index is 1500. The van der Waals surface area contributed by atoms with Crippen LogP contribution in [0.3, 0.4) is 0 Å². The minimum atomic E-state index is -1.76.